The van der Waals surface area contributed by atoms with Gasteiger partial charge in [0, 0.05) is 37.6 Å². The van der Waals surface area contributed by atoms with Crippen molar-refractivity contribution in [1.82, 2.24) is 0 Å². The molecule has 0 bridgehead atoms. The van der Waals surface area contributed by atoms with E-state index in [1.165, 1.54) is 0 Å². The maximum atomic E-state index is 11.1. The summed E-state index contributed by atoms with van der Waals surface area (Å²) < 4.78 is 21.0. The molecule has 0 aliphatic heterocycles. The standard InChI is InChI=1S/C20H34O6/c1-17(2)19(21)25-15-9-7-13-23-11-5-6-12-24-14-8-10-16-26-20(22)18(3)4/h1,3,5-16H2,2,4H3. The summed E-state index contributed by atoms with van der Waals surface area (Å²) in [6.07, 6.45) is 5.25. The Bertz CT molecular complexity index is 390. The number of rotatable bonds is 17. The van der Waals surface area contributed by atoms with Gasteiger partial charge in [0.25, 0.3) is 0 Å². The van der Waals surface area contributed by atoms with Crippen LogP contribution >= 0.6 is 0 Å². The van der Waals surface area contributed by atoms with Crippen LogP contribution in [0.4, 0.5) is 0 Å². The molecule has 0 saturated heterocycles. The molecule has 0 N–H and O–H groups in total. The van der Waals surface area contributed by atoms with Crippen molar-refractivity contribution in [3.63, 3.8) is 0 Å². The molecular weight excluding hydrogens is 336 g/mol. The highest BCUT2D eigenvalue weighted by Gasteiger charge is 2.02. The summed E-state index contributed by atoms with van der Waals surface area (Å²) in [6.45, 7) is 13.9. The molecule has 0 unspecified atom stereocenters. The van der Waals surface area contributed by atoms with Gasteiger partial charge in [-0.1, -0.05) is 13.2 Å². The van der Waals surface area contributed by atoms with Crippen molar-refractivity contribution in [2.75, 3.05) is 39.6 Å². The van der Waals surface area contributed by atoms with Crippen molar-refractivity contribution in [2.24, 2.45) is 0 Å². The van der Waals surface area contributed by atoms with Crippen LogP contribution in [0.2, 0.25) is 0 Å². The summed E-state index contributed by atoms with van der Waals surface area (Å²) in [5, 5.41) is 0. The normalized spacial score (nSPS) is 10.4. The van der Waals surface area contributed by atoms with Crippen LogP contribution in [-0.2, 0) is 28.5 Å². The van der Waals surface area contributed by atoms with Gasteiger partial charge in [0.15, 0.2) is 0 Å². The molecule has 26 heavy (non-hydrogen) atoms. The molecule has 0 fully saturated rings. The van der Waals surface area contributed by atoms with E-state index in [0.29, 0.717) is 50.8 Å². The van der Waals surface area contributed by atoms with E-state index in [0.717, 1.165) is 38.5 Å². The fraction of sp³-hybridized carbons (Fsp3) is 0.700. The molecule has 0 aromatic rings. The van der Waals surface area contributed by atoms with Gasteiger partial charge in [-0.05, 0) is 52.4 Å². The second-order valence-electron chi connectivity index (χ2n) is 6.18. The summed E-state index contributed by atoms with van der Waals surface area (Å²) in [5.74, 6) is -0.669. The lowest BCUT2D eigenvalue weighted by molar-refractivity contribution is -0.140. The molecule has 0 rings (SSSR count). The van der Waals surface area contributed by atoms with Crippen LogP contribution < -0.4 is 0 Å². The Morgan fingerprint density at radius 1 is 0.577 bits per heavy atom. The van der Waals surface area contributed by atoms with E-state index in [4.69, 9.17) is 18.9 Å². The predicted octanol–water partition coefficient (Wildman–Crippen LogP) is 3.60. The second kappa shape index (κ2) is 16.8. The molecule has 6 heteroatoms. The van der Waals surface area contributed by atoms with Crippen molar-refractivity contribution in [1.29, 1.82) is 0 Å². The van der Waals surface area contributed by atoms with Gasteiger partial charge in [0.05, 0.1) is 13.2 Å². The largest absolute Gasteiger partial charge is 0.462 e. The molecule has 0 aliphatic rings. The van der Waals surface area contributed by atoms with E-state index < -0.39 is 0 Å². The maximum Gasteiger partial charge on any atom is 0.333 e. The summed E-state index contributed by atoms with van der Waals surface area (Å²) in [5.41, 5.74) is 0.851. The third-order valence-corrected chi connectivity index (χ3v) is 3.36. The zero-order chi connectivity index (χ0) is 19.6. The summed E-state index contributed by atoms with van der Waals surface area (Å²) >= 11 is 0. The van der Waals surface area contributed by atoms with Gasteiger partial charge in [-0.25, -0.2) is 9.59 Å². The van der Waals surface area contributed by atoms with Crippen LogP contribution in [0.5, 0.6) is 0 Å². The van der Waals surface area contributed by atoms with Gasteiger partial charge in [-0.2, -0.15) is 0 Å². The number of hydrogen-bond donors (Lipinski definition) is 0. The van der Waals surface area contributed by atoms with E-state index in [1.54, 1.807) is 13.8 Å². The van der Waals surface area contributed by atoms with Gasteiger partial charge >= 0.3 is 11.9 Å². The van der Waals surface area contributed by atoms with Crippen molar-refractivity contribution in [2.45, 2.75) is 52.4 Å². The Kier molecular flexibility index (Phi) is 15.7. The van der Waals surface area contributed by atoms with Crippen LogP contribution in [0.1, 0.15) is 52.4 Å². The molecule has 0 amide bonds. The van der Waals surface area contributed by atoms with E-state index in [-0.39, 0.29) is 11.9 Å². The first-order chi connectivity index (χ1) is 12.4. The minimum Gasteiger partial charge on any atom is -0.462 e. The summed E-state index contributed by atoms with van der Waals surface area (Å²) in [6, 6.07) is 0. The lowest BCUT2D eigenvalue weighted by Crippen LogP contribution is -2.07. The topological polar surface area (TPSA) is 71.1 Å². The molecule has 0 atom stereocenters. The first-order valence-corrected chi connectivity index (χ1v) is 9.26. The summed E-state index contributed by atoms with van der Waals surface area (Å²) in [7, 11) is 0. The Morgan fingerprint density at radius 2 is 0.846 bits per heavy atom. The molecular formula is C20H34O6. The average molecular weight is 370 g/mol. The predicted molar refractivity (Wildman–Crippen MR) is 101 cm³/mol. The second-order valence-corrected chi connectivity index (χ2v) is 6.18. The number of unbranched alkanes of at least 4 members (excludes halogenated alkanes) is 3. The van der Waals surface area contributed by atoms with Crippen LogP contribution in [-0.4, -0.2) is 51.6 Å². The van der Waals surface area contributed by atoms with E-state index in [2.05, 4.69) is 13.2 Å². The Balaban J connectivity index is 3.16. The number of carbonyl (C=O) groups excluding carboxylic acids is 2. The lowest BCUT2D eigenvalue weighted by atomic mass is 10.3. The van der Waals surface area contributed by atoms with Crippen molar-refractivity contribution >= 4 is 11.9 Å². The van der Waals surface area contributed by atoms with E-state index in [9.17, 15) is 9.59 Å². The van der Waals surface area contributed by atoms with Crippen LogP contribution in [0.3, 0.4) is 0 Å². The highest BCUT2D eigenvalue weighted by Crippen LogP contribution is 1.99. The highest BCUT2D eigenvalue weighted by atomic mass is 16.5. The third kappa shape index (κ3) is 15.8. The molecule has 150 valence electrons. The monoisotopic (exact) mass is 370 g/mol. The van der Waals surface area contributed by atoms with Gasteiger partial charge in [0.2, 0.25) is 0 Å². The van der Waals surface area contributed by atoms with Gasteiger partial charge in [-0.15, -0.1) is 0 Å². The summed E-state index contributed by atoms with van der Waals surface area (Å²) in [4.78, 5) is 22.3. The fourth-order valence-electron chi connectivity index (χ4n) is 1.80. The zero-order valence-electron chi connectivity index (χ0n) is 16.3. The maximum absolute atomic E-state index is 11.1. The Morgan fingerprint density at radius 3 is 1.12 bits per heavy atom. The third-order valence-electron chi connectivity index (χ3n) is 3.36. The minimum atomic E-state index is -0.334. The van der Waals surface area contributed by atoms with Crippen LogP contribution in [0, 0.1) is 0 Å². The van der Waals surface area contributed by atoms with Gasteiger partial charge in [-0.3, -0.25) is 0 Å². The molecule has 6 nitrogen and oxygen atoms in total. The van der Waals surface area contributed by atoms with Crippen LogP contribution in [0.25, 0.3) is 0 Å². The average Bonchev–Trinajstić information content (AvgIpc) is 2.60. The molecule has 0 heterocycles. The number of hydrogen-bond acceptors (Lipinski definition) is 6. The lowest BCUT2D eigenvalue weighted by Gasteiger charge is -2.07. The molecule has 0 saturated carbocycles. The molecule has 0 aromatic carbocycles. The zero-order valence-corrected chi connectivity index (χ0v) is 16.3. The molecule has 0 spiro atoms. The molecule has 0 radical (unpaired) electrons. The van der Waals surface area contributed by atoms with Gasteiger partial charge < -0.3 is 18.9 Å². The Labute approximate surface area is 157 Å². The fourth-order valence-corrected chi connectivity index (χ4v) is 1.80. The highest BCUT2D eigenvalue weighted by molar-refractivity contribution is 5.87. The van der Waals surface area contributed by atoms with Crippen molar-refractivity contribution < 1.29 is 28.5 Å². The number of carbonyl (C=O) groups is 2. The minimum absolute atomic E-state index is 0.334. The van der Waals surface area contributed by atoms with Crippen molar-refractivity contribution in [3.05, 3.63) is 24.3 Å². The quantitative estimate of drug-likeness (QED) is 0.221. The smallest absolute Gasteiger partial charge is 0.333 e. The first kappa shape index (κ1) is 24.3. The van der Waals surface area contributed by atoms with Crippen LogP contribution in [0.15, 0.2) is 24.3 Å². The number of ether oxygens (including phenoxy) is 4. The van der Waals surface area contributed by atoms with Crippen molar-refractivity contribution in [3.8, 4) is 0 Å². The molecule has 0 aliphatic carbocycles. The molecule has 0 aromatic heterocycles. The van der Waals surface area contributed by atoms with Gasteiger partial charge in [0.1, 0.15) is 0 Å². The van der Waals surface area contributed by atoms with E-state index in [1.807, 2.05) is 0 Å². The van der Waals surface area contributed by atoms with E-state index >= 15 is 0 Å². The number of esters is 2. The first-order valence-electron chi connectivity index (χ1n) is 9.26. The Hall–Kier alpha value is -1.66. The SMILES string of the molecule is C=C(C)C(=O)OCCCCOCCCCOCCCCOC(=O)C(=C)C.